The summed E-state index contributed by atoms with van der Waals surface area (Å²) in [6.07, 6.45) is 1.74. The van der Waals surface area contributed by atoms with E-state index < -0.39 is 5.97 Å². The molecule has 1 fully saturated rings. The molecule has 1 aromatic rings. The molecule has 1 aliphatic heterocycles. The lowest BCUT2D eigenvalue weighted by Crippen LogP contribution is -2.30. The largest absolute Gasteiger partial charge is 0.482 e. The predicted molar refractivity (Wildman–Crippen MR) is 71.7 cm³/mol. The average molecular weight is 279 g/mol. The number of rotatable bonds is 5. The molecule has 2 rings (SSSR count). The molecule has 0 spiro atoms. The number of anilines is 1. The topological polar surface area (TPSA) is 84.9 Å². The fourth-order valence-corrected chi connectivity index (χ4v) is 1.97. The third kappa shape index (κ3) is 4.24. The molecular formula is C14H17NO5. The highest BCUT2D eigenvalue weighted by atomic mass is 16.5. The summed E-state index contributed by atoms with van der Waals surface area (Å²) in [5, 5.41) is 11.3. The Labute approximate surface area is 116 Å². The van der Waals surface area contributed by atoms with Crippen LogP contribution in [-0.4, -0.2) is 36.8 Å². The number of carboxylic acids is 1. The standard InChI is InChI=1S/C14H17NO5/c16-13(17)9-20-12-5-3-11(4-6-12)15-14(18)10-2-1-7-19-8-10/h3-6,10H,1-2,7-9H2,(H,15,18)(H,16,17). The molecule has 6 heteroatoms. The van der Waals surface area contributed by atoms with E-state index in [2.05, 4.69) is 5.32 Å². The number of carboxylic acid groups (broad SMARTS) is 1. The zero-order valence-corrected chi connectivity index (χ0v) is 11.0. The molecule has 1 unspecified atom stereocenters. The Balaban J connectivity index is 1.86. The van der Waals surface area contributed by atoms with Crippen LogP contribution in [0.3, 0.4) is 0 Å². The van der Waals surface area contributed by atoms with Crippen LogP contribution in [0.5, 0.6) is 5.75 Å². The lowest BCUT2D eigenvalue weighted by atomic mass is 10.0. The van der Waals surface area contributed by atoms with Gasteiger partial charge in [-0.2, -0.15) is 0 Å². The van der Waals surface area contributed by atoms with Gasteiger partial charge in [0.2, 0.25) is 5.91 Å². The molecule has 1 saturated heterocycles. The molecule has 108 valence electrons. The molecule has 0 aromatic heterocycles. The minimum Gasteiger partial charge on any atom is -0.482 e. The van der Waals surface area contributed by atoms with Crippen LogP contribution in [0.4, 0.5) is 5.69 Å². The van der Waals surface area contributed by atoms with E-state index in [1.165, 1.54) is 0 Å². The number of hydrogen-bond donors (Lipinski definition) is 2. The Morgan fingerprint density at radius 2 is 2.10 bits per heavy atom. The van der Waals surface area contributed by atoms with E-state index in [-0.39, 0.29) is 18.4 Å². The Hall–Kier alpha value is -2.08. The van der Waals surface area contributed by atoms with Gasteiger partial charge in [0, 0.05) is 12.3 Å². The number of carbonyl (C=O) groups excluding carboxylic acids is 1. The zero-order chi connectivity index (χ0) is 14.4. The molecule has 1 heterocycles. The van der Waals surface area contributed by atoms with Crippen LogP contribution in [0.1, 0.15) is 12.8 Å². The van der Waals surface area contributed by atoms with Crippen molar-refractivity contribution in [2.75, 3.05) is 25.1 Å². The Morgan fingerprint density at radius 3 is 2.70 bits per heavy atom. The van der Waals surface area contributed by atoms with Gasteiger partial charge in [0.05, 0.1) is 12.5 Å². The van der Waals surface area contributed by atoms with Crippen LogP contribution in [0, 0.1) is 5.92 Å². The SMILES string of the molecule is O=C(O)COc1ccc(NC(=O)C2CCCOC2)cc1. The quantitative estimate of drug-likeness (QED) is 0.853. The second-order valence-electron chi connectivity index (χ2n) is 4.61. The minimum atomic E-state index is -1.03. The van der Waals surface area contributed by atoms with Gasteiger partial charge in [0.1, 0.15) is 5.75 Å². The minimum absolute atomic E-state index is 0.0519. The third-order valence-corrected chi connectivity index (χ3v) is 3.02. The number of benzene rings is 1. The molecule has 1 aromatic carbocycles. The fraction of sp³-hybridized carbons (Fsp3) is 0.429. The maximum atomic E-state index is 12.0. The van der Waals surface area contributed by atoms with E-state index in [4.69, 9.17) is 14.6 Å². The highest BCUT2D eigenvalue weighted by Crippen LogP contribution is 2.19. The summed E-state index contributed by atoms with van der Waals surface area (Å²) in [6, 6.07) is 6.60. The highest BCUT2D eigenvalue weighted by molar-refractivity contribution is 5.92. The summed E-state index contributed by atoms with van der Waals surface area (Å²) in [4.78, 5) is 22.3. The molecule has 6 nitrogen and oxygen atoms in total. The van der Waals surface area contributed by atoms with Gasteiger partial charge in [-0.1, -0.05) is 0 Å². The number of amides is 1. The maximum Gasteiger partial charge on any atom is 0.341 e. The number of ether oxygens (including phenoxy) is 2. The predicted octanol–water partition coefficient (Wildman–Crippen LogP) is 1.52. The first-order valence-electron chi connectivity index (χ1n) is 6.48. The molecule has 0 aliphatic carbocycles. The van der Waals surface area contributed by atoms with Crippen LogP contribution >= 0.6 is 0 Å². The van der Waals surface area contributed by atoms with Crippen molar-refractivity contribution in [2.24, 2.45) is 5.92 Å². The molecule has 0 bridgehead atoms. The van der Waals surface area contributed by atoms with Crippen LogP contribution in [0.15, 0.2) is 24.3 Å². The van der Waals surface area contributed by atoms with Gasteiger partial charge < -0.3 is 19.9 Å². The van der Waals surface area contributed by atoms with Gasteiger partial charge in [-0.3, -0.25) is 4.79 Å². The van der Waals surface area contributed by atoms with E-state index in [1.807, 2.05) is 0 Å². The van der Waals surface area contributed by atoms with E-state index in [0.29, 0.717) is 18.0 Å². The summed E-state index contributed by atoms with van der Waals surface area (Å²) < 4.78 is 10.3. The van der Waals surface area contributed by atoms with E-state index >= 15 is 0 Å². The summed E-state index contributed by atoms with van der Waals surface area (Å²) in [5.41, 5.74) is 0.656. The molecule has 1 atom stereocenters. The monoisotopic (exact) mass is 279 g/mol. The zero-order valence-electron chi connectivity index (χ0n) is 11.0. The van der Waals surface area contributed by atoms with Crippen molar-refractivity contribution < 1.29 is 24.2 Å². The Kier molecular flexibility index (Phi) is 4.95. The van der Waals surface area contributed by atoms with Gasteiger partial charge in [0.15, 0.2) is 6.61 Å². The number of aliphatic carboxylic acids is 1. The molecule has 0 saturated carbocycles. The summed E-state index contributed by atoms with van der Waals surface area (Å²) in [6.45, 7) is 0.802. The molecule has 2 N–H and O–H groups in total. The van der Waals surface area contributed by atoms with Gasteiger partial charge in [0.25, 0.3) is 0 Å². The second-order valence-corrected chi connectivity index (χ2v) is 4.61. The van der Waals surface area contributed by atoms with Gasteiger partial charge in [-0.05, 0) is 37.1 Å². The van der Waals surface area contributed by atoms with Gasteiger partial charge >= 0.3 is 5.97 Å². The molecule has 0 radical (unpaired) electrons. The van der Waals surface area contributed by atoms with Crippen LogP contribution in [-0.2, 0) is 14.3 Å². The first-order valence-corrected chi connectivity index (χ1v) is 6.48. The molecule has 1 amide bonds. The smallest absolute Gasteiger partial charge is 0.341 e. The first kappa shape index (κ1) is 14.3. The lowest BCUT2D eigenvalue weighted by molar-refractivity contribution is -0.139. The van der Waals surface area contributed by atoms with E-state index in [9.17, 15) is 9.59 Å². The number of nitrogens with one attached hydrogen (secondary N) is 1. The van der Waals surface area contributed by atoms with Gasteiger partial charge in [-0.25, -0.2) is 4.79 Å². The Morgan fingerprint density at radius 1 is 1.35 bits per heavy atom. The Bertz CT molecular complexity index is 465. The van der Waals surface area contributed by atoms with Crippen LogP contribution < -0.4 is 10.1 Å². The summed E-state index contributed by atoms with van der Waals surface area (Å²) >= 11 is 0. The van der Waals surface area contributed by atoms with Crippen molar-refractivity contribution in [3.05, 3.63) is 24.3 Å². The van der Waals surface area contributed by atoms with E-state index in [1.54, 1.807) is 24.3 Å². The normalized spacial score (nSPS) is 18.3. The van der Waals surface area contributed by atoms with Crippen molar-refractivity contribution in [2.45, 2.75) is 12.8 Å². The van der Waals surface area contributed by atoms with Gasteiger partial charge in [-0.15, -0.1) is 0 Å². The lowest BCUT2D eigenvalue weighted by Gasteiger charge is -2.21. The van der Waals surface area contributed by atoms with Crippen molar-refractivity contribution >= 4 is 17.6 Å². The first-order chi connectivity index (χ1) is 9.65. The maximum absolute atomic E-state index is 12.0. The molecular weight excluding hydrogens is 262 g/mol. The summed E-state index contributed by atoms with van der Waals surface area (Å²) in [5.74, 6) is -0.735. The number of hydrogen-bond acceptors (Lipinski definition) is 4. The van der Waals surface area contributed by atoms with Crippen molar-refractivity contribution in [3.8, 4) is 5.75 Å². The fourth-order valence-electron chi connectivity index (χ4n) is 1.97. The van der Waals surface area contributed by atoms with Crippen molar-refractivity contribution in [1.29, 1.82) is 0 Å². The van der Waals surface area contributed by atoms with E-state index in [0.717, 1.165) is 19.4 Å². The van der Waals surface area contributed by atoms with Crippen LogP contribution in [0.2, 0.25) is 0 Å². The van der Waals surface area contributed by atoms with Crippen molar-refractivity contribution in [3.63, 3.8) is 0 Å². The molecule has 1 aliphatic rings. The second kappa shape index (κ2) is 6.91. The van der Waals surface area contributed by atoms with Crippen molar-refractivity contribution in [1.82, 2.24) is 0 Å². The summed E-state index contributed by atoms with van der Waals surface area (Å²) in [7, 11) is 0. The molecule has 20 heavy (non-hydrogen) atoms. The van der Waals surface area contributed by atoms with Crippen LogP contribution in [0.25, 0.3) is 0 Å². The number of carbonyl (C=O) groups is 2. The average Bonchev–Trinajstić information content (AvgIpc) is 2.47. The highest BCUT2D eigenvalue weighted by Gasteiger charge is 2.21. The third-order valence-electron chi connectivity index (χ3n) is 3.02.